The largest absolute Gasteiger partial charge is 0.480 e. The Morgan fingerprint density at radius 1 is 1.10 bits per heavy atom. The third kappa shape index (κ3) is 6.58. The molecule has 0 aliphatic rings. The van der Waals surface area contributed by atoms with Gasteiger partial charge in [-0.1, -0.05) is 26.0 Å². The molecule has 164 valence electrons. The lowest BCUT2D eigenvalue weighted by atomic mass is 10.0. The van der Waals surface area contributed by atoms with Crippen LogP contribution in [0, 0.1) is 5.92 Å². The van der Waals surface area contributed by atoms with Gasteiger partial charge in [0.25, 0.3) is 0 Å². The van der Waals surface area contributed by atoms with E-state index in [0.29, 0.717) is 11.3 Å². The number of carboxylic acid groups (broad SMARTS) is 2. The zero-order valence-corrected chi connectivity index (χ0v) is 16.6. The number of aromatic nitrogens is 2. The summed E-state index contributed by atoms with van der Waals surface area (Å²) in [6, 6.07) is 2.49. The summed E-state index contributed by atoms with van der Waals surface area (Å²) in [6.07, 6.45) is -1.27. The van der Waals surface area contributed by atoms with Gasteiger partial charge in [-0.3, -0.25) is 14.9 Å². The molecule has 0 fully saturated rings. The lowest BCUT2D eigenvalue weighted by Gasteiger charge is -2.22. The average Bonchev–Trinajstić information content (AvgIpc) is 3.06. The minimum atomic E-state index is -4.42. The molecule has 2 atom stereocenters. The second-order valence-electron chi connectivity index (χ2n) is 7.49. The fourth-order valence-electron chi connectivity index (χ4n) is 3.04. The van der Waals surface area contributed by atoms with E-state index < -0.39 is 35.8 Å². The SMILES string of the molecule is CC(C)C[C@H](N[C@@H](Cc1cncn1Cc1ccc(C(F)(F)F)cc1)C(=O)O)C(=O)O. The number of halogens is 3. The van der Waals surface area contributed by atoms with Gasteiger partial charge in [0.1, 0.15) is 12.1 Å². The molecule has 0 radical (unpaired) electrons. The lowest BCUT2D eigenvalue weighted by Crippen LogP contribution is -2.49. The van der Waals surface area contributed by atoms with Crippen LogP contribution in [0.3, 0.4) is 0 Å². The van der Waals surface area contributed by atoms with E-state index in [0.717, 1.165) is 12.1 Å². The predicted molar refractivity (Wildman–Crippen MR) is 102 cm³/mol. The number of benzene rings is 1. The van der Waals surface area contributed by atoms with Gasteiger partial charge in [0.2, 0.25) is 0 Å². The van der Waals surface area contributed by atoms with Crippen LogP contribution < -0.4 is 5.32 Å². The zero-order valence-electron chi connectivity index (χ0n) is 16.6. The number of alkyl halides is 3. The van der Waals surface area contributed by atoms with Crippen molar-refractivity contribution >= 4 is 11.9 Å². The highest BCUT2D eigenvalue weighted by Gasteiger charge is 2.30. The summed E-state index contributed by atoms with van der Waals surface area (Å²) in [7, 11) is 0. The van der Waals surface area contributed by atoms with E-state index in [-0.39, 0.29) is 25.3 Å². The maximum absolute atomic E-state index is 12.7. The van der Waals surface area contributed by atoms with Crippen LogP contribution in [0.1, 0.15) is 37.1 Å². The molecule has 0 aliphatic carbocycles. The number of rotatable bonds is 10. The zero-order chi connectivity index (χ0) is 22.5. The van der Waals surface area contributed by atoms with E-state index in [2.05, 4.69) is 10.3 Å². The molecular formula is C20H24F3N3O4. The molecule has 0 saturated heterocycles. The van der Waals surface area contributed by atoms with Gasteiger partial charge in [0.15, 0.2) is 0 Å². The third-order valence-electron chi connectivity index (χ3n) is 4.55. The Bertz CT molecular complexity index is 863. The fourth-order valence-corrected chi connectivity index (χ4v) is 3.04. The van der Waals surface area contributed by atoms with Crippen LogP contribution in [0.25, 0.3) is 0 Å². The Morgan fingerprint density at radius 2 is 1.70 bits per heavy atom. The average molecular weight is 427 g/mol. The number of hydrogen-bond acceptors (Lipinski definition) is 4. The van der Waals surface area contributed by atoms with Crippen molar-refractivity contribution in [2.45, 2.75) is 51.5 Å². The van der Waals surface area contributed by atoms with Gasteiger partial charge in [-0.05, 0) is 30.0 Å². The summed E-state index contributed by atoms with van der Waals surface area (Å²) in [5.74, 6) is -2.28. The van der Waals surface area contributed by atoms with Gasteiger partial charge in [0, 0.05) is 24.9 Å². The molecular weight excluding hydrogens is 403 g/mol. The number of hydrogen-bond donors (Lipinski definition) is 3. The van der Waals surface area contributed by atoms with E-state index in [1.54, 1.807) is 4.57 Å². The molecule has 0 saturated carbocycles. The molecule has 7 nitrogen and oxygen atoms in total. The molecule has 0 bridgehead atoms. The summed E-state index contributed by atoms with van der Waals surface area (Å²) in [5.41, 5.74) is 0.353. The van der Waals surface area contributed by atoms with E-state index in [4.69, 9.17) is 0 Å². The minimum Gasteiger partial charge on any atom is -0.480 e. The van der Waals surface area contributed by atoms with Crippen LogP contribution >= 0.6 is 0 Å². The molecule has 2 aromatic rings. The number of imidazole rings is 1. The van der Waals surface area contributed by atoms with Gasteiger partial charge in [-0.25, -0.2) is 4.98 Å². The van der Waals surface area contributed by atoms with Crippen molar-refractivity contribution in [2.75, 3.05) is 0 Å². The first-order chi connectivity index (χ1) is 14.0. The molecule has 30 heavy (non-hydrogen) atoms. The van der Waals surface area contributed by atoms with Crippen molar-refractivity contribution < 1.29 is 33.0 Å². The number of carbonyl (C=O) groups is 2. The van der Waals surface area contributed by atoms with E-state index in [9.17, 15) is 33.0 Å². The van der Waals surface area contributed by atoms with Crippen molar-refractivity contribution in [3.63, 3.8) is 0 Å². The summed E-state index contributed by atoms with van der Waals surface area (Å²) < 4.78 is 39.7. The standard InChI is InChI=1S/C20H24F3N3O4/c1-12(2)7-16(18(27)28)25-17(19(29)30)8-15-9-24-11-26(15)10-13-3-5-14(6-4-13)20(21,22)23/h3-6,9,11-12,16-17,25H,7-8,10H2,1-2H3,(H,27,28)(H,29,30)/t16-,17-/m0/s1. The molecule has 0 aliphatic heterocycles. The molecule has 1 aromatic heterocycles. The first-order valence-corrected chi connectivity index (χ1v) is 9.34. The van der Waals surface area contributed by atoms with E-state index >= 15 is 0 Å². The molecule has 3 N–H and O–H groups in total. The van der Waals surface area contributed by atoms with Gasteiger partial charge < -0.3 is 14.8 Å². The van der Waals surface area contributed by atoms with Gasteiger partial charge in [-0.15, -0.1) is 0 Å². The van der Waals surface area contributed by atoms with Gasteiger partial charge in [0.05, 0.1) is 11.9 Å². The molecule has 0 spiro atoms. The minimum absolute atomic E-state index is 0.0299. The summed E-state index contributed by atoms with van der Waals surface area (Å²) in [5, 5.41) is 21.6. The molecule has 1 aromatic carbocycles. The van der Waals surface area contributed by atoms with Gasteiger partial charge in [-0.2, -0.15) is 13.2 Å². The van der Waals surface area contributed by atoms with E-state index in [1.807, 2.05) is 13.8 Å². The number of carboxylic acids is 2. The highest BCUT2D eigenvalue weighted by Crippen LogP contribution is 2.29. The Hall–Kier alpha value is -2.88. The summed E-state index contributed by atoms with van der Waals surface area (Å²) in [4.78, 5) is 27.1. The van der Waals surface area contributed by atoms with Crippen LogP contribution in [-0.4, -0.2) is 43.8 Å². The second-order valence-corrected chi connectivity index (χ2v) is 7.49. The molecule has 0 amide bonds. The number of nitrogens with zero attached hydrogens (tertiary/aromatic N) is 2. The smallest absolute Gasteiger partial charge is 0.416 e. The molecule has 10 heteroatoms. The van der Waals surface area contributed by atoms with Crippen LogP contribution in [0.5, 0.6) is 0 Å². The number of nitrogens with one attached hydrogen (secondary N) is 1. The first-order valence-electron chi connectivity index (χ1n) is 9.34. The Balaban J connectivity index is 2.14. The predicted octanol–water partition coefficient (Wildman–Crippen LogP) is 3.03. The molecule has 0 unspecified atom stereocenters. The monoisotopic (exact) mass is 427 g/mol. The lowest BCUT2D eigenvalue weighted by molar-refractivity contribution is -0.143. The fraction of sp³-hybridized carbons (Fsp3) is 0.450. The van der Waals surface area contributed by atoms with Crippen LogP contribution in [0.2, 0.25) is 0 Å². The Labute approximate surface area is 171 Å². The third-order valence-corrected chi connectivity index (χ3v) is 4.55. The maximum Gasteiger partial charge on any atom is 0.416 e. The first kappa shape index (κ1) is 23.4. The van der Waals surface area contributed by atoms with Gasteiger partial charge >= 0.3 is 18.1 Å². The topological polar surface area (TPSA) is 104 Å². The van der Waals surface area contributed by atoms with Crippen molar-refractivity contribution in [2.24, 2.45) is 5.92 Å². The number of aliphatic carboxylic acids is 2. The normalized spacial score (nSPS) is 13.9. The maximum atomic E-state index is 12.7. The van der Waals surface area contributed by atoms with Crippen molar-refractivity contribution in [3.05, 3.63) is 53.6 Å². The second kappa shape index (κ2) is 9.75. The summed E-state index contributed by atoms with van der Waals surface area (Å²) >= 11 is 0. The van der Waals surface area contributed by atoms with Crippen LogP contribution in [-0.2, 0) is 28.7 Å². The van der Waals surface area contributed by atoms with Crippen molar-refractivity contribution in [1.29, 1.82) is 0 Å². The quantitative estimate of drug-likeness (QED) is 0.539. The molecule has 2 rings (SSSR count). The summed E-state index contributed by atoms with van der Waals surface area (Å²) in [6.45, 7) is 3.88. The highest BCUT2D eigenvalue weighted by molar-refractivity contribution is 5.77. The Morgan fingerprint density at radius 3 is 2.20 bits per heavy atom. The van der Waals surface area contributed by atoms with E-state index in [1.165, 1.54) is 24.7 Å². The van der Waals surface area contributed by atoms with Crippen LogP contribution in [0.4, 0.5) is 13.2 Å². The Kier molecular flexibility index (Phi) is 7.60. The van der Waals surface area contributed by atoms with Crippen molar-refractivity contribution in [1.82, 2.24) is 14.9 Å². The van der Waals surface area contributed by atoms with Crippen LogP contribution in [0.15, 0.2) is 36.8 Å². The highest BCUT2D eigenvalue weighted by atomic mass is 19.4. The van der Waals surface area contributed by atoms with Crippen molar-refractivity contribution in [3.8, 4) is 0 Å². The molecule has 1 heterocycles.